The number of rotatable bonds is 4. The van der Waals surface area contributed by atoms with Crippen LogP contribution in [-0.2, 0) is 0 Å². The molecule has 1 aromatic heterocycles. The second kappa shape index (κ2) is 6.20. The van der Waals surface area contributed by atoms with Gasteiger partial charge in [-0.15, -0.1) is 0 Å². The van der Waals surface area contributed by atoms with Gasteiger partial charge in [0.1, 0.15) is 18.2 Å². The van der Waals surface area contributed by atoms with E-state index in [1.165, 1.54) is 6.42 Å². The van der Waals surface area contributed by atoms with Crippen molar-refractivity contribution in [2.45, 2.75) is 65.9 Å². The summed E-state index contributed by atoms with van der Waals surface area (Å²) in [7, 11) is 1.89. The molecule has 1 aliphatic rings. The summed E-state index contributed by atoms with van der Waals surface area (Å²) < 4.78 is 6.31. The third-order valence-electron chi connectivity index (χ3n) is 4.29. The highest BCUT2D eigenvalue weighted by Crippen LogP contribution is 2.41. The summed E-state index contributed by atoms with van der Waals surface area (Å²) in [5, 5.41) is 3.15. The van der Waals surface area contributed by atoms with E-state index < -0.39 is 0 Å². The number of anilines is 1. The summed E-state index contributed by atoms with van der Waals surface area (Å²) in [5.74, 6) is 2.65. The van der Waals surface area contributed by atoms with E-state index in [4.69, 9.17) is 4.74 Å². The van der Waals surface area contributed by atoms with Crippen LogP contribution >= 0.6 is 0 Å². The van der Waals surface area contributed by atoms with Gasteiger partial charge in [0.25, 0.3) is 0 Å². The summed E-state index contributed by atoms with van der Waals surface area (Å²) >= 11 is 0. The zero-order valence-corrected chi connectivity index (χ0v) is 14.2. The predicted molar refractivity (Wildman–Crippen MR) is 86.9 cm³/mol. The maximum absolute atomic E-state index is 6.31. The molecule has 1 N–H and O–H groups in total. The molecule has 4 heteroatoms. The molecule has 1 saturated carbocycles. The fourth-order valence-corrected chi connectivity index (χ4v) is 3.70. The van der Waals surface area contributed by atoms with Crippen molar-refractivity contribution in [1.29, 1.82) is 0 Å². The van der Waals surface area contributed by atoms with Crippen LogP contribution in [0.2, 0.25) is 0 Å². The van der Waals surface area contributed by atoms with Crippen LogP contribution in [0, 0.1) is 11.3 Å². The van der Waals surface area contributed by atoms with Crippen molar-refractivity contribution in [2.75, 3.05) is 12.4 Å². The van der Waals surface area contributed by atoms with E-state index in [-0.39, 0.29) is 6.10 Å². The second-order valence-corrected chi connectivity index (χ2v) is 7.50. The van der Waals surface area contributed by atoms with Crippen LogP contribution in [-0.4, -0.2) is 23.1 Å². The first-order valence-electron chi connectivity index (χ1n) is 8.01. The first kappa shape index (κ1) is 16.1. The van der Waals surface area contributed by atoms with Crippen molar-refractivity contribution in [3.63, 3.8) is 0 Å². The van der Waals surface area contributed by atoms with Crippen molar-refractivity contribution in [2.24, 2.45) is 11.3 Å². The number of aromatic nitrogens is 2. The fraction of sp³-hybridized carbons (Fsp3) is 0.765. The molecule has 0 radical (unpaired) electrons. The average molecular weight is 291 g/mol. The molecule has 0 saturated heterocycles. The predicted octanol–water partition coefficient (Wildman–Crippen LogP) is 4.24. The van der Waals surface area contributed by atoms with Gasteiger partial charge < -0.3 is 10.1 Å². The second-order valence-electron chi connectivity index (χ2n) is 7.50. The largest absolute Gasteiger partial charge is 0.474 e. The van der Waals surface area contributed by atoms with Crippen molar-refractivity contribution < 1.29 is 4.74 Å². The minimum absolute atomic E-state index is 0.251. The molecule has 0 aromatic carbocycles. The van der Waals surface area contributed by atoms with Gasteiger partial charge in [0.2, 0.25) is 5.88 Å². The van der Waals surface area contributed by atoms with Crippen LogP contribution in [0.1, 0.15) is 65.4 Å². The molecular formula is C17H29N3O. The SMILES string of the molecule is CNc1ncnc(OC2CC(C)CC(C)(C)C2)c1C(C)C. The van der Waals surface area contributed by atoms with E-state index >= 15 is 0 Å². The molecule has 2 rings (SSSR count). The lowest BCUT2D eigenvalue weighted by Crippen LogP contribution is -2.34. The minimum Gasteiger partial charge on any atom is -0.474 e. The van der Waals surface area contributed by atoms with Gasteiger partial charge in [-0.2, -0.15) is 0 Å². The van der Waals surface area contributed by atoms with Crippen LogP contribution in [0.3, 0.4) is 0 Å². The molecule has 4 nitrogen and oxygen atoms in total. The zero-order chi connectivity index (χ0) is 15.6. The molecule has 2 unspecified atom stereocenters. The fourth-order valence-electron chi connectivity index (χ4n) is 3.70. The Balaban J connectivity index is 2.23. The number of ether oxygens (including phenoxy) is 1. The third kappa shape index (κ3) is 3.86. The Labute approximate surface area is 128 Å². The Morgan fingerprint density at radius 3 is 2.57 bits per heavy atom. The monoisotopic (exact) mass is 291 g/mol. The summed E-state index contributed by atoms with van der Waals surface area (Å²) in [6.45, 7) is 11.3. The highest BCUT2D eigenvalue weighted by molar-refractivity contribution is 5.50. The Kier molecular flexibility index (Phi) is 4.74. The quantitative estimate of drug-likeness (QED) is 0.901. The van der Waals surface area contributed by atoms with E-state index in [9.17, 15) is 0 Å². The Bertz CT molecular complexity index is 485. The standard InChI is InChI=1S/C17H29N3O/c1-11(2)14-15(18-6)19-10-20-16(14)21-13-7-12(3)8-17(4,5)9-13/h10-13H,7-9H2,1-6H3,(H,18,19,20). The molecule has 0 aliphatic heterocycles. The number of hydrogen-bond acceptors (Lipinski definition) is 4. The Morgan fingerprint density at radius 2 is 2.00 bits per heavy atom. The first-order chi connectivity index (χ1) is 9.82. The molecule has 1 aliphatic carbocycles. The van der Waals surface area contributed by atoms with Crippen molar-refractivity contribution in [3.05, 3.63) is 11.9 Å². The minimum atomic E-state index is 0.251. The molecule has 1 fully saturated rings. The van der Waals surface area contributed by atoms with E-state index in [1.807, 2.05) is 7.05 Å². The topological polar surface area (TPSA) is 47.0 Å². The molecule has 0 amide bonds. The van der Waals surface area contributed by atoms with Crippen LogP contribution in [0.5, 0.6) is 5.88 Å². The molecule has 2 atom stereocenters. The highest BCUT2D eigenvalue weighted by Gasteiger charge is 2.34. The molecule has 21 heavy (non-hydrogen) atoms. The Hall–Kier alpha value is -1.32. The lowest BCUT2D eigenvalue weighted by molar-refractivity contribution is 0.0523. The maximum atomic E-state index is 6.31. The molecule has 118 valence electrons. The van der Waals surface area contributed by atoms with Crippen LogP contribution in [0.25, 0.3) is 0 Å². The number of nitrogens with one attached hydrogen (secondary N) is 1. The van der Waals surface area contributed by atoms with E-state index in [0.717, 1.165) is 30.1 Å². The third-order valence-corrected chi connectivity index (χ3v) is 4.29. The summed E-state index contributed by atoms with van der Waals surface area (Å²) in [6.07, 6.45) is 5.31. The Morgan fingerprint density at radius 1 is 1.29 bits per heavy atom. The molecule has 0 spiro atoms. The number of nitrogens with zero attached hydrogens (tertiary/aromatic N) is 2. The molecule has 1 heterocycles. The van der Waals surface area contributed by atoms with E-state index in [1.54, 1.807) is 6.33 Å². The summed E-state index contributed by atoms with van der Waals surface area (Å²) in [6, 6.07) is 0. The van der Waals surface area contributed by atoms with Gasteiger partial charge in [-0.25, -0.2) is 9.97 Å². The van der Waals surface area contributed by atoms with Gasteiger partial charge in [0, 0.05) is 7.05 Å². The molecule has 1 aromatic rings. The van der Waals surface area contributed by atoms with E-state index in [0.29, 0.717) is 17.3 Å². The highest BCUT2D eigenvalue weighted by atomic mass is 16.5. The van der Waals surface area contributed by atoms with Gasteiger partial charge in [-0.3, -0.25) is 0 Å². The lowest BCUT2D eigenvalue weighted by atomic mass is 9.71. The molecular weight excluding hydrogens is 262 g/mol. The van der Waals surface area contributed by atoms with Crippen molar-refractivity contribution >= 4 is 5.82 Å². The summed E-state index contributed by atoms with van der Waals surface area (Å²) in [5.41, 5.74) is 1.43. The zero-order valence-electron chi connectivity index (χ0n) is 14.2. The van der Waals surface area contributed by atoms with Crippen LogP contribution in [0.15, 0.2) is 6.33 Å². The van der Waals surface area contributed by atoms with E-state index in [2.05, 4.69) is 49.9 Å². The van der Waals surface area contributed by atoms with Gasteiger partial charge in [0.05, 0.1) is 5.56 Å². The van der Waals surface area contributed by atoms with Crippen molar-refractivity contribution in [1.82, 2.24) is 9.97 Å². The van der Waals surface area contributed by atoms with Crippen LogP contribution < -0.4 is 10.1 Å². The van der Waals surface area contributed by atoms with Crippen LogP contribution in [0.4, 0.5) is 5.82 Å². The summed E-state index contributed by atoms with van der Waals surface area (Å²) in [4.78, 5) is 8.72. The van der Waals surface area contributed by atoms with Gasteiger partial charge in [-0.1, -0.05) is 34.6 Å². The number of hydrogen-bond donors (Lipinski definition) is 1. The normalized spacial score (nSPS) is 24.9. The van der Waals surface area contributed by atoms with Gasteiger partial charge in [0.15, 0.2) is 0 Å². The lowest BCUT2D eigenvalue weighted by Gasteiger charge is -2.38. The van der Waals surface area contributed by atoms with Gasteiger partial charge in [-0.05, 0) is 36.5 Å². The molecule has 0 bridgehead atoms. The maximum Gasteiger partial charge on any atom is 0.222 e. The average Bonchev–Trinajstić information content (AvgIpc) is 2.35. The smallest absolute Gasteiger partial charge is 0.222 e. The van der Waals surface area contributed by atoms with Crippen molar-refractivity contribution in [3.8, 4) is 5.88 Å². The van der Waals surface area contributed by atoms with Gasteiger partial charge >= 0.3 is 0 Å². The first-order valence-corrected chi connectivity index (χ1v) is 8.01.